The van der Waals surface area contributed by atoms with E-state index < -0.39 is 0 Å². The first-order valence-electron chi connectivity index (χ1n) is 5.83. The molecule has 0 bridgehead atoms. The van der Waals surface area contributed by atoms with Crippen LogP contribution in [0.1, 0.15) is 20.8 Å². The standard InChI is InChI=1S/C13H24O4/c1-5-14-6-7-15-8-9-16-10-11-17-13(4)12(2)3/h5H,1,6-11H2,2-4H3. The first kappa shape index (κ1) is 16.0. The highest BCUT2D eigenvalue weighted by Gasteiger charge is 1.94. The van der Waals surface area contributed by atoms with Crippen LogP contribution in [0, 0.1) is 0 Å². The van der Waals surface area contributed by atoms with Gasteiger partial charge in [-0.3, -0.25) is 0 Å². The molecule has 0 aliphatic rings. The SMILES string of the molecule is C=COCCOCCOCCOC(C)=C(C)C. The number of rotatable bonds is 11. The summed E-state index contributed by atoms with van der Waals surface area (Å²) >= 11 is 0. The second kappa shape index (κ2) is 11.5. The Balaban J connectivity index is 3.14. The van der Waals surface area contributed by atoms with E-state index >= 15 is 0 Å². The zero-order valence-electron chi connectivity index (χ0n) is 11.2. The Bertz CT molecular complexity index is 219. The lowest BCUT2D eigenvalue weighted by atomic mass is 10.3. The van der Waals surface area contributed by atoms with Crippen LogP contribution in [0.3, 0.4) is 0 Å². The lowest BCUT2D eigenvalue weighted by Gasteiger charge is -2.09. The van der Waals surface area contributed by atoms with Crippen LogP contribution in [0.15, 0.2) is 24.2 Å². The molecular weight excluding hydrogens is 220 g/mol. The molecular formula is C13H24O4. The molecule has 0 N–H and O–H groups in total. The molecule has 0 atom stereocenters. The van der Waals surface area contributed by atoms with Crippen LogP contribution in [0.4, 0.5) is 0 Å². The average molecular weight is 244 g/mol. The van der Waals surface area contributed by atoms with Gasteiger partial charge in [0.25, 0.3) is 0 Å². The first-order valence-corrected chi connectivity index (χ1v) is 5.83. The molecule has 0 radical (unpaired) electrons. The molecule has 0 aromatic rings. The van der Waals surface area contributed by atoms with Crippen LogP contribution >= 0.6 is 0 Å². The second-order valence-corrected chi connectivity index (χ2v) is 3.67. The van der Waals surface area contributed by atoms with Gasteiger partial charge in [-0.1, -0.05) is 6.58 Å². The van der Waals surface area contributed by atoms with Gasteiger partial charge in [0.1, 0.15) is 13.2 Å². The zero-order chi connectivity index (χ0) is 12.9. The molecule has 4 heteroatoms. The smallest absolute Gasteiger partial charge is 0.111 e. The van der Waals surface area contributed by atoms with Crippen molar-refractivity contribution >= 4 is 0 Å². The maximum atomic E-state index is 5.45. The van der Waals surface area contributed by atoms with E-state index in [1.54, 1.807) is 0 Å². The van der Waals surface area contributed by atoms with Crippen molar-refractivity contribution in [2.45, 2.75) is 20.8 Å². The molecule has 100 valence electrons. The minimum Gasteiger partial charge on any atom is -0.499 e. The van der Waals surface area contributed by atoms with Crippen molar-refractivity contribution in [1.82, 2.24) is 0 Å². The van der Waals surface area contributed by atoms with Crippen LogP contribution < -0.4 is 0 Å². The van der Waals surface area contributed by atoms with Gasteiger partial charge in [-0.15, -0.1) is 0 Å². The second-order valence-electron chi connectivity index (χ2n) is 3.67. The molecule has 0 unspecified atom stereocenters. The van der Waals surface area contributed by atoms with Crippen molar-refractivity contribution in [3.63, 3.8) is 0 Å². The minimum absolute atomic E-state index is 0.534. The van der Waals surface area contributed by atoms with Crippen molar-refractivity contribution in [3.8, 4) is 0 Å². The summed E-state index contributed by atoms with van der Waals surface area (Å²) in [6.07, 6.45) is 1.41. The lowest BCUT2D eigenvalue weighted by Crippen LogP contribution is -2.11. The summed E-state index contributed by atoms with van der Waals surface area (Å²) in [4.78, 5) is 0. The van der Waals surface area contributed by atoms with Gasteiger partial charge in [-0.25, -0.2) is 0 Å². The number of allylic oxidation sites excluding steroid dienone is 2. The zero-order valence-corrected chi connectivity index (χ0v) is 11.2. The van der Waals surface area contributed by atoms with E-state index in [2.05, 4.69) is 6.58 Å². The predicted octanol–water partition coefficient (Wildman–Crippen LogP) is 2.51. The summed E-state index contributed by atoms with van der Waals surface area (Å²) in [6.45, 7) is 12.8. The molecule has 17 heavy (non-hydrogen) atoms. The molecule has 0 aliphatic heterocycles. The van der Waals surface area contributed by atoms with Crippen LogP contribution in [0.2, 0.25) is 0 Å². The van der Waals surface area contributed by atoms with E-state index in [0.29, 0.717) is 39.6 Å². The van der Waals surface area contributed by atoms with Gasteiger partial charge in [0.2, 0.25) is 0 Å². The van der Waals surface area contributed by atoms with E-state index in [0.717, 1.165) is 5.76 Å². The third-order valence-corrected chi connectivity index (χ3v) is 2.09. The molecule has 0 heterocycles. The van der Waals surface area contributed by atoms with Crippen molar-refractivity contribution < 1.29 is 18.9 Å². The van der Waals surface area contributed by atoms with Gasteiger partial charge < -0.3 is 18.9 Å². The Labute approximate surface area is 104 Å². The largest absolute Gasteiger partial charge is 0.499 e. The Morgan fingerprint density at radius 1 is 0.882 bits per heavy atom. The molecule has 0 aliphatic carbocycles. The maximum Gasteiger partial charge on any atom is 0.111 e. The minimum atomic E-state index is 0.534. The summed E-state index contributed by atoms with van der Waals surface area (Å²) in [5, 5.41) is 0. The van der Waals surface area contributed by atoms with E-state index in [1.165, 1.54) is 11.8 Å². The summed E-state index contributed by atoms with van der Waals surface area (Å²) in [6, 6.07) is 0. The summed E-state index contributed by atoms with van der Waals surface area (Å²) in [5.74, 6) is 0.964. The lowest BCUT2D eigenvalue weighted by molar-refractivity contribution is 0.0159. The van der Waals surface area contributed by atoms with Gasteiger partial charge >= 0.3 is 0 Å². The molecule has 0 amide bonds. The molecule has 0 fully saturated rings. The topological polar surface area (TPSA) is 36.9 Å². The van der Waals surface area contributed by atoms with E-state index in [9.17, 15) is 0 Å². The monoisotopic (exact) mass is 244 g/mol. The highest BCUT2D eigenvalue weighted by Crippen LogP contribution is 2.02. The highest BCUT2D eigenvalue weighted by molar-refractivity contribution is 4.98. The molecule has 4 nitrogen and oxygen atoms in total. The van der Waals surface area contributed by atoms with Crippen molar-refractivity contribution in [2.75, 3.05) is 39.6 Å². The quantitative estimate of drug-likeness (QED) is 0.413. The third kappa shape index (κ3) is 11.3. The Morgan fingerprint density at radius 3 is 1.94 bits per heavy atom. The summed E-state index contributed by atoms with van der Waals surface area (Å²) in [7, 11) is 0. The maximum absolute atomic E-state index is 5.45. The van der Waals surface area contributed by atoms with E-state index in [1.807, 2.05) is 20.8 Å². The molecule has 0 aromatic carbocycles. The predicted molar refractivity (Wildman–Crippen MR) is 67.8 cm³/mol. The third-order valence-electron chi connectivity index (χ3n) is 2.09. The van der Waals surface area contributed by atoms with E-state index in [4.69, 9.17) is 18.9 Å². The number of ether oxygens (including phenoxy) is 4. The molecule has 0 aromatic heterocycles. The van der Waals surface area contributed by atoms with Crippen molar-refractivity contribution in [2.24, 2.45) is 0 Å². The van der Waals surface area contributed by atoms with Crippen LogP contribution in [-0.2, 0) is 18.9 Å². The van der Waals surface area contributed by atoms with Gasteiger partial charge in [0.05, 0.1) is 38.4 Å². The van der Waals surface area contributed by atoms with Crippen LogP contribution in [-0.4, -0.2) is 39.6 Å². The fourth-order valence-electron chi connectivity index (χ4n) is 0.910. The van der Waals surface area contributed by atoms with Gasteiger partial charge in [-0.05, 0) is 26.3 Å². The fraction of sp³-hybridized carbons (Fsp3) is 0.692. The Kier molecular flexibility index (Phi) is 10.8. The molecule has 0 saturated heterocycles. The number of hydrogen-bond donors (Lipinski definition) is 0. The van der Waals surface area contributed by atoms with Crippen LogP contribution in [0.5, 0.6) is 0 Å². The normalized spacial score (nSPS) is 9.82. The summed E-state index contributed by atoms with van der Waals surface area (Å²) in [5.41, 5.74) is 1.19. The molecule has 0 saturated carbocycles. The number of hydrogen-bond acceptors (Lipinski definition) is 4. The van der Waals surface area contributed by atoms with E-state index in [-0.39, 0.29) is 0 Å². The fourth-order valence-corrected chi connectivity index (χ4v) is 0.910. The summed E-state index contributed by atoms with van der Waals surface area (Å²) < 4.78 is 20.9. The van der Waals surface area contributed by atoms with Gasteiger partial charge in [0, 0.05) is 0 Å². The highest BCUT2D eigenvalue weighted by atomic mass is 16.6. The van der Waals surface area contributed by atoms with Crippen LogP contribution in [0.25, 0.3) is 0 Å². The molecule has 0 spiro atoms. The average Bonchev–Trinajstić information content (AvgIpc) is 2.31. The first-order chi connectivity index (χ1) is 8.18. The van der Waals surface area contributed by atoms with Gasteiger partial charge in [0.15, 0.2) is 0 Å². The Morgan fingerprint density at radius 2 is 1.41 bits per heavy atom. The Hall–Kier alpha value is -1.00. The molecule has 0 rings (SSSR count). The van der Waals surface area contributed by atoms with Crippen molar-refractivity contribution in [3.05, 3.63) is 24.2 Å². The van der Waals surface area contributed by atoms with Gasteiger partial charge in [-0.2, -0.15) is 0 Å². The van der Waals surface area contributed by atoms with Crippen molar-refractivity contribution in [1.29, 1.82) is 0 Å².